The first kappa shape index (κ1) is 10.2. The molecule has 0 aromatic carbocycles. The van der Waals surface area contributed by atoms with Crippen molar-refractivity contribution in [2.75, 3.05) is 19.5 Å². The summed E-state index contributed by atoms with van der Waals surface area (Å²) in [5.74, 6) is 0.651. The summed E-state index contributed by atoms with van der Waals surface area (Å²) < 4.78 is 10.4. The van der Waals surface area contributed by atoms with Gasteiger partial charge in [0, 0.05) is 19.3 Å². The van der Waals surface area contributed by atoms with Crippen LogP contribution in [0.1, 0.15) is 12.8 Å². The average molecular weight is 208 g/mol. The third-order valence-electron chi connectivity index (χ3n) is 2.75. The van der Waals surface area contributed by atoms with Gasteiger partial charge in [-0.25, -0.2) is 4.98 Å². The largest absolute Gasteiger partial charge is 0.480 e. The summed E-state index contributed by atoms with van der Waals surface area (Å²) in [6, 6.07) is 4.36. The van der Waals surface area contributed by atoms with E-state index in [2.05, 4.69) is 10.3 Å². The van der Waals surface area contributed by atoms with E-state index in [9.17, 15) is 0 Å². The molecule has 1 saturated carbocycles. The highest BCUT2D eigenvalue weighted by Crippen LogP contribution is 2.29. The van der Waals surface area contributed by atoms with E-state index in [1.165, 1.54) is 0 Å². The van der Waals surface area contributed by atoms with Gasteiger partial charge in [0.25, 0.3) is 0 Å². The third-order valence-corrected chi connectivity index (χ3v) is 2.75. The first-order valence-corrected chi connectivity index (χ1v) is 5.12. The SMILES string of the molecule is COc1ncccc1NC1CC(OC)C1. The maximum atomic E-state index is 5.22. The van der Waals surface area contributed by atoms with Gasteiger partial charge in [-0.15, -0.1) is 0 Å². The zero-order chi connectivity index (χ0) is 10.7. The molecule has 0 radical (unpaired) electrons. The van der Waals surface area contributed by atoms with E-state index in [-0.39, 0.29) is 0 Å². The minimum absolute atomic E-state index is 0.408. The highest BCUT2D eigenvalue weighted by molar-refractivity contribution is 5.53. The molecule has 0 saturated heterocycles. The van der Waals surface area contributed by atoms with Gasteiger partial charge in [0.1, 0.15) is 0 Å². The standard InChI is InChI=1S/C11H16N2O2/c1-14-9-6-8(7-9)13-10-4-3-5-12-11(10)15-2/h3-5,8-9,13H,6-7H2,1-2H3. The van der Waals surface area contributed by atoms with Crippen molar-refractivity contribution in [2.24, 2.45) is 0 Å². The number of hydrogen-bond donors (Lipinski definition) is 1. The summed E-state index contributed by atoms with van der Waals surface area (Å²) in [5.41, 5.74) is 0.958. The van der Waals surface area contributed by atoms with Gasteiger partial charge < -0.3 is 14.8 Å². The maximum Gasteiger partial charge on any atom is 0.237 e. The fourth-order valence-electron chi connectivity index (χ4n) is 1.76. The molecule has 4 nitrogen and oxygen atoms in total. The van der Waals surface area contributed by atoms with Crippen molar-refractivity contribution in [3.8, 4) is 5.88 Å². The van der Waals surface area contributed by atoms with Gasteiger partial charge in [-0.3, -0.25) is 0 Å². The second kappa shape index (κ2) is 4.49. The molecule has 0 amide bonds. The molecule has 15 heavy (non-hydrogen) atoms. The number of hydrogen-bond acceptors (Lipinski definition) is 4. The Balaban J connectivity index is 1.94. The Bertz CT molecular complexity index is 324. The Morgan fingerprint density at radius 1 is 1.40 bits per heavy atom. The van der Waals surface area contributed by atoms with Gasteiger partial charge in [0.15, 0.2) is 0 Å². The van der Waals surface area contributed by atoms with Gasteiger partial charge in [-0.1, -0.05) is 0 Å². The van der Waals surface area contributed by atoms with Crippen molar-refractivity contribution in [1.82, 2.24) is 4.98 Å². The second-order valence-corrected chi connectivity index (χ2v) is 3.73. The predicted molar refractivity (Wildman–Crippen MR) is 58.2 cm³/mol. The highest BCUT2D eigenvalue weighted by Gasteiger charge is 2.29. The summed E-state index contributed by atoms with van der Waals surface area (Å²) in [7, 11) is 3.39. The zero-order valence-electron chi connectivity index (χ0n) is 9.06. The molecule has 0 aliphatic heterocycles. The normalized spacial score (nSPS) is 24.4. The first-order chi connectivity index (χ1) is 7.33. The smallest absolute Gasteiger partial charge is 0.237 e. The molecule has 1 aliphatic rings. The lowest BCUT2D eigenvalue weighted by Crippen LogP contribution is -2.40. The van der Waals surface area contributed by atoms with Gasteiger partial charge >= 0.3 is 0 Å². The van der Waals surface area contributed by atoms with E-state index < -0.39 is 0 Å². The number of nitrogens with zero attached hydrogens (tertiary/aromatic N) is 1. The molecule has 1 fully saturated rings. The Morgan fingerprint density at radius 2 is 2.20 bits per heavy atom. The number of rotatable bonds is 4. The van der Waals surface area contributed by atoms with Crippen molar-refractivity contribution in [3.63, 3.8) is 0 Å². The van der Waals surface area contributed by atoms with Crippen molar-refractivity contribution in [2.45, 2.75) is 25.0 Å². The van der Waals surface area contributed by atoms with Crippen LogP contribution < -0.4 is 10.1 Å². The quantitative estimate of drug-likeness (QED) is 0.817. The van der Waals surface area contributed by atoms with Crippen LogP contribution in [0.25, 0.3) is 0 Å². The van der Waals surface area contributed by atoms with E-state index in [1.807, 2.05) is 12.1 Å². The topological polar surface area (TPSA) is 43.4 Å². The van der Waals surface area contributed by atoms with E-state index in [4.69, 9.17) is 9.47 Å². The van der Waals surface area contributed by atoms with Crippen molar-refractivity contribution >= 4 is 5.69 Å². The number of nitrogens with one attached hydrogen (secondary N) is 1. The Kier molecular flexibility index (Phi) is 3.06. The van der Waals surface area contributed by atoms with Crippen LogP contribution in [0.2, 0.25) is 0 Å². The van der Waals surface area contributed by atoms with Crippen molar-refractivity contribution in [3.05, 3.63) is 18.3 Å². The number of aromatic nitrogens is 1. The molecule has 1 aromatic heterocycles. The van der Waals surface area contributed by atoms with Gasteiger partial charge in [0.05, 0.1) is 18.9 Å². The van der Waals surface area contributed by atoms with E-state index in [1.54, 1.807) is 20.4 Å². The minimum atomic E-state index is 0.408. The Hall–Kier alpha value is -1.29. The molecule has 1 aromatic rings. The van der Waals surface area contributed by atoms with E-state index >= 15 is 0 Å². The lowest BCUT2D eigenvalue weighted by molar-refractivity contribution is 0.0328. The summed E-state index contributed by atoms with van der Waals surface area (Å²) in [4.78, 5) is 4.13. The molecule has 0 unspecified atom stereocenters. The van der Waals surface area contributed by atoms with Crippen molar-refractivity contribution < 1.29 is 9.47 Å². The van der Waals surface area contributed by atoms with Crippen LogP contribution in [0, 0.1) is 0 Å². The molecule has 4 heteroatoms. The molecule has 0 atom stereocenters. The van der Waals surface area contributed by atoms with Crippen LogP contribution in [0.3, 0.4) is 0 Å². The molecule has 0 bridgehead atoms. The van der Waals surface area contributed by atoms with Crippen LogP contribution in [0.5, 0.6) is 5.88 Å². The lowest BCUT2D eigenvalue weighted by Gasteiger charge is -2.35. The number of pyridine rings is 1. The van der Waals surface area contributed by atoms with Crippen LogP contribution >= 0.6 is 0 Å². The minimum Gasteiger partial charge on any atom is -0.480 e. The molecular weight excluding hydrogens is 192 g/mol. The number of anilines is 1. The number of ether oxygens (including phenoxy) is 2. The number of methoxy groups -OCH3 is 2. The third kappa shape index (κ3) is 2.21. The fraction of sp³-hybridized carbons (Fsp3) is 0.545. The predicted octanol–water partition coefficient (Wildman–Crippen LogP) is 1.68. The average Bonchev–Trinajstić information content (AvgIpc) is 2.23. The van der Waals surface area contributed by atoms with E-state index in [0.29, 0.717) is 18.0 Å². The lowest BCUT2D eigenvalue weighted by atomic mass is 9.89. The summed E-state index contributed by atoms with van der Waals surface area (Å²) in [5, 5.41) is 3.39. The van der Waals surface area contributed by atoms with Crippen LogP contribution in [-0.4, -0.2) is 31.3 Å². The summed E-state index contributed by atoms with van der Waals surface area (Å²) in [6.45, 7) is 0. The van der Waals surface area contributed by atoms with Crippen LogP contribution in [0.4, 0.5) is 5.69 Å². The monoisotopic (exact) mass is 208 g/mol. The zero-order valence-corrected chi connectivity index (χ0v) is 9.06. The Morgan fingerprint density at radius 3 is 2.87 bits per heavy atom. The summed E-state index contributed by atoms with van der Waals surface area (Å²) >= 11 is 0. The second-order valence-electron chi connectivity index (χ2n) is 3.73. The molecular formula is C11H16N2O2. The fourth-order valence-corrected chi connectivity index (χ4v) is 1.76. The molecule has 82 valence electrons. The molecule has 0 spiro atoms. The van der Waals surface area contributed by atoms with Gasteiger partial charge in [0.2, 0.25) is 5.88 Å². The molecule has 1 N–H and O–H groups in total. The Labute approximate surface area is 89.6 Å². The maximum absolute atomic E-state index is 5.22. The van der Waals surface area contributed by atoms with Crippen LogP contribution in [-0.2, 0) is 4.74 Å². The molecule has 2 rings (SSSR count). The van der Waals surface area contributed by atoms with Gasteiger partial charge in [-0.05, 0) is 25.0 Å². The van der Waals surface area contributed by atoms with Crippen molar-refractivity contribution in [1.29, 1.82) is 0 Å². The first-order valence-electron chi connectivity index (χ1n) is 5.12. The summed E-state index contributed by atoms with van der Waals surface area (Å²) in [6.07, 6.45) is 4.23. The molecule has 1 heterocycles. The van der Waals surface area contributed by atoms with E-state index in [0.717, 1.165) is 18.5 Å². The van der Waals surface area contributed by atoms with Crippen LogP contribution in [0.15, 0.2) is 18.3 Å². The molecule has 1 aliphatic carbocycles. The highest BCUT2D eigenvalue weighted by atomic mass is 16.5. The van der Waals surface area contributed by atoms with Gasteiger partial charge in [-0.2, -0.15) is 0 Å².